The minimum absolute atomic E-state index is 0.451. The van der Waals surface area contributed by atoms with Gasteiger partial charge in [0.05, 0.1) is 6.61 Å². The molecule has 3 heteroatoms. The van der Waals surface area contributed by atoms with Gasteiger partial charge in [-0.2, -0.15) is 0 Å². The van der Waals surface area contributed by atoms with Crippen LogP contribution in [-0.4, -0.2) is 23.3 Å². The van der Waals surface area contributed by atoms with Crippen LogP contribution in [0.4, 0.5) is 0 Å². The molecule has 0 atom stereocenters. The summed E-state index contributed by atoms with van der Waals surface area (Å²) in [5.41, 5.74) is 0. The van der Waals surface area contributed by atoms with Crippen LogP contribution in [0.25, 0.3) is 0 Å². The van der Waals surface area contributed by atoms with Crippen LogP contribution >= 0.6 is 0 Å². The molecular weight excluding hydrogens is 180 g/mol. The number of aliphatic hydroxyl groups excluding tert-OH is 1. The van der Waals surface area contributed by atoms with Crippen molar-refractivity contribution in [1.29, 1.82) is 0 Å². The minimum atomic E-state index is -1.60. The van der Waals surface area contributed by atoms with Gasteiger partial charge < -0.3 is 14.9 Å². The fourth-order valence-electron chi connectivity index (χ4n) is 1.42. The number of ether oxygens (including phenoxy) is 1. The predicted molar refractivity (Wildman–Crippen MR) is 56.8 cm³/mol. The number of unbranched alkanes of at least 4 members (excludes halogenated alkanes) is 7. The predicted octanol–water partition coefficient (Wildman–Crippen LogP) is 2.41. The summed E-state index contributed by atoms with van der Waals surface area (Å²) in [7, 11) is 0. The molecule has 2 N–H and O–H groups in total. The molecule has 0 aliphatic heterocycles. The number of hydrogen-bond acceptors (Lipinski definition) is 3. The Kier molecular flexibility index (Phi) is 10.9. The van der Waals surface area contributed by atoms with Crippen molar-refractivity contribution in [3.8, 4) is 0 Å². The molecule has 0 aromatic rings. The fraction of sp³-hybridized carbons (Fsp3) is 1.00. The second-order valence-electron chi connectivity index (χ2n) is 3.67. The highest BCUT2D eigenvalue weighted by Gasteiger charge is 1.95. The summed E-state index contributed by atoms with van der Waals surface area (Å²) in [5.74, 6) is 0. The molecular formula is C11H24O3. The van der Waals surface area contributed by atoms with E-state index in [0.29, 0.717) is 6.61 Å². The van der Waals surface area contributed by atoms with Crippen molar-refractivity contribution < 1.29 is 14.9 Å². The summed E-state index contributed by atoms with van der Waals surface area (Å²) in [4.78, 5) is 0. The first-order valence-electron chi connectivity index (χ1n) is 5.75. The van der Waals surface area contributed by atoms with Crippen molar-refractivity contribution in [2.75, 3.05) is 6.61 Å². The van der Waals surface area contributed by atoms with Crippen LogP contribution in [0.5, 0.6) is 0 Å². The van der Waals surface area contributed by atoms with E-state index in [1.807, 2.05) is 0 Å². The molecule has 14 heavy (non-hydrogen) atoms. The van der Waals surface area contributed by atoms with Crippen molar-refractivity contribution in [3.05, 3.63) is 0 Å². The van der Waals surface area contributed by atoms with E-state index in [-0.39, 0.29) is 0 Å². The van der Waals surface area contributed by atoms with Gasteiger partial charge in [-0.25, -0.2) is 0 Å². The highest BCUT2D eigenvalue weighted by molar-refractivity contribution is 4.45. The molecule has 0 bridgehead atoms. The Hall–Kier alpha value is -0.120. The quantitative estimate of drug-likeness (QED) is 0.424. The zero-order valence-corrected chi connectivity index (χ0v) is 9.24. The zero-order valence-electron chi connectivity index (χ0n) is 9.24. The smallest absolute Gasteiger partial charge is 0.266 e. The standard InChI is InChI=1S/C11H24O3/c1-2-3-4-5-6-7-8-9-10-14-11(12)13/h11-13H,2-10H2,1H3. The van der Waals surface area contributed by atoms with Gasteiger partial charge in [-0.05, 0) is 6.42 Å². The van der Waals surface area contributed by atoms with Crippen LogP contribution in [0.15, 0.2) is 0 Å². The lowest BCUT2D eigenvalue weighted by Gasteiger charge is -2.04. The molecule has 0 aliphatic rings. The summed E-state index contributed by atoms with van der Waals surface area (Å²) in [5, 5.41) is 16.8. The number of rotatable bonds is 10. The van der Waals surface area contributed by atoms with E-state index in [9.17, 15) is 0 Å². The Balaban J connectivity index is 2.85. The molecule has 0 fully saturated rings. The largest absolute Gasteiger partial charge is 0.346 e. The van der Waals surface area contributed by atoms with Gasteiger partial charge in [-0.3, -0.25) is 0 Å². The number of hydrogen-bond donors (Lipinski definition) is 2. The third-order valence-corrected chi connectivity index (χ3v) is 2.26. The van der Waals surface area contributed by atoms with Crippen molar-refractivity contribution in [3.63, 3.8) is 0 Å². The van der Waals surface area contributed by atoms with E-state index in [2.05, 4.69) is 11.7 Å². The normalized spacial score (nSPS) is 11.1. The first-order valence-corrected chi connectivity index (χ1v) is 5.75. The van der Waals surface area contributed by atoms with E-state index in [0.717, 1.165) is 12.8 Å². The van der Waals surface area contributed by atoms with E-state index in [1.165, 1.54) is 38.5 Å². The van der Waals surface area contributed by atoms with Gasteiger partial charge >= 0.3 is 0 Å². The molecule has 0 heterocycles. The van der Waals surface area contributed by atoms with Gasteiger partial charge in [0, 0.05) is 0 Å². The second-order valence-corrected chi connectivity index (χ2v) is 3.67. The summed E-state index contributed by atoms with van der Waals surface area (Å²) in [6.45, 7) is 1.07. The second kappa shape index (κ2) is 11.0. The molecule has 0 aromatic heterocycles. The molecule has 0 saturated heterocycles. The molecule has 0 radical (unpaired) electrons. The molecule has 0 aromatic carbocycles. The van der Waals surface area contributed by atoms with Crippen molar-refractivity contribution >= 4 is 0 Å². The van der Waals surface area contributed by atoms with Gasteiger partial charge in [-0.1, -0.05) is 51.9 Å². The summed E-state index contributed by atoms with van der Waals surface area (Å²) in [6.07, 6.45) is 9.89. The molecule has 0 amide bonds. The molecule has 0 rings (SSSR count). The Morgan fingerprint density at radius 2 is 1.36 bits per heavy atom. The van der Waals surface area contributed by atoms with Gasteiger partial charge in [-0.15, -0.1) is 0 Å². The van der Waals surface area contributed by atoms with Gasteiger partial charge in [0.1, 0.15) is 0 Å². The highest BCUT2D eigenvalue weighted by atomic mass is 16.7. The summed E-state index contributed by atoms with van der Waals surface area (Å²) in [6, 6.07) is 0. The van der Waals surface area contributed by atoms with E-state index < -0.39 is 6.48 Å². The third kappa shape index (κ3) is 11.9. The van der Waals surface area contributed by atoms with E-state index >= 15 is 0 Å². The Labute approximate surface area is 87.1 Å². The van der Waals surface area contributed by atoms with Crippen LogP contribution in [0.2, 0.25) is 0 Å². The summed E-state index contributed by atoms with van der Waals surface area (Å²) < 4.78 is 4.60. The molecule has 0 unspecified atom stereocenters. The van der Waals surface area contributed by atoms with E-state index in [4.69, 9.17) is 10.2 Å². The fourth-order valence-corrected chi connectivity index (χ4v) is 1.42. The third-order valence-electron chi connectivity index (χ3n) is 2.26. The highest BCUT2D eigenvalue weighted by Crippen LogP contribution is 2.08. The van der Waals surface area contributed by atoms with Crippen LogP contribution in [-0.2, 0) is 4.74 Å². The first-order chi connectivity index (χ1) is 6.77. The van der Waals surface area contributed by atoms with Crippen LogP contribution in [0, 0.1) is 0 Å². The maximum absolute atomic E-state index is 8.39. The van der Waals surface area contributed by atoms with Gasteiger partial charge in [0.15, 0.2) is 0 Å². The molecule has 0 saturated carbocycles. The molecule has 86 valence electrons. The minimum Gasteiger partial charge on any atom is -0.346 e. The van der Waals surface area contributed by atoms with Crippen molar-refractivity contribution in [1.82, 2.24) is 0 Å². The lowest BCUT2D eigenvalue weighted by molar-refractivity contribution is -0.234. The lowest BCUT2D eigenvalue weighted by Crippen LogP contribution is -2.10. The summed E-state index contributed by atoms with van der Waals surface area (Å²) >= 11 is 0. The van der Waals surface area contributed by atoms with Gasteiger partial charge in [0.25, 0.3) is 6.48 Å². The average molecular weight is 204 g/mol. The maximum Gasteiger partial charge on any atom is 0.266 e. The Morgan fingerprint density at radius 1 is 0.857 bits per heavy atom. The molecule has 0 spiro atoms. The van der Waals surface area contributed by atoms with Crippen molar-refractivity contribution in [2.24, 2.45) is 0 Å². The van der Waals surface area contributed by atoms with Crippen LogP contribution in [0.1, 0.15) is 58.3 Å². The average Bonchev–Trinajstić information content (AvgIpc) is 2.15. The van der Waals surface area contributed by atoms with Crippen molar-refractivity contribution in [2.45, 2.75) is 64.8 Å². The Bertz CT molecular complexity index is 105. The maximum atomic E-state index is 8.39. The van der Waals surface area contributed by atoms with Crippen LogP contribution < -0.4 is 0 Å². The zero-order chi connectivity index (χ0) is 10.6. The topological polar surface area (TPSA) is 49.7 Å². The molecule has 0 aliphatic carbocycles. The Morgan fingerprint density at radius 3 is 1.86 bits per heavy atom. The first kappa shape index (κ1) is 13.9. The number of aliphatic hydroxyl groups is 2. The van der Waals surface area contributed by atoms with Gasteiger partial charge in [0.2, 0.25) is 0 Å². The SMILES string of the molecule is CCCCCCCCCCOC(O)O. The monoisotopic (exact) mass is 204 g/mol. The van der Waals surface area contributed by atoms with E-state index in [1.54, 1.807) is 0 Å². The lowest BCUT2D eigenvalue weighted by atomic mass is 10.1. The van der Waals surface area contributed by atoms with Crippen LogP contribution in [0.3, 0.4) is 0 Å². The molecule has 3 nitrogen and oxygen atoms in total.